The minimum Gasteiger partial charge on any atom is -0.461 e. The molecule has 3 aromatic carbocycles. The van der Waals surface area contributed by atoms with E-state index in [9.17, 15) is 0 Å². The van der Waals surface area contributed by atoms with Crippen LogP contribution in [0.1, 0.15) is 136 Å². The van der Waals surface area contributed by atoms with Gasteiger partial charge in [0.05, 0.1) is 6.17 Å². The van der Waals surface area contributed by atoms with Crippen molar-refractivity contribution in [3.63, 3.8) is 0 Å². The first-order valence-corrected chi connectivity index (χ1v) is 27.2. The summed E-state index contributed by atoms with van der Waals surface area (Å²) in [6, 6.07) is 20.2. The molecule has 0 amide bonds. The minimum absolute atomic E-state index is 0.0169. The molecule has 0 aromatic heterocycles. The Labute approximate surface area is 422 Å². The highest BCUT2D eigenvalue weighted by Crippen LogP contribution is 2.58. The van der Waals surface area contributed by atoms with E-state index in [1.54, 1.807) is 0 Å². The molecule has 0 bridgehead atoms. The fourth-order valence-electron chi connectivity index (χ4n) is 13.9. The lowest BCUT2D eigenvalue weighted by molar-refractivity contribution is 0.389. The molecule has 0 saturated carbocycles. The van der Waals surface area contributed by atoms with E-state index >= 15 is 0 Å². The average Bonchev–Trinajstić information content (AvgIpc) is 3.91. The molecule has 10 aliphatic rings. The highest BCUT2D eigenvalue weighted by Gasteiger charge is 2.50. The van der Waals surface area contributed by atoms with Crippen LogP contribution < -0.4 is 20.3 Å². The quantitative estimate of drug-likeness (QED) is 0.221. The van der Waals surface area contributed by atoms with Crippen LogP contribution in [0.25, 0.3) is 22.4 Å². The third-order valence-corrected chi connectivity index (χ3v) is 17.7. The molecule has 3 aromatic rings. The highest BCUT2D eigenvalue weighted by atomic mass is 16.5. The third kappa shape index (κ3) is 8.02. The smallest absolute Gasteiger partial charge is 0.133 e. The van der Waals surface area contributed by atoms with Crippen LogP contribution in [-0.2, 0) is 5.41 Å². The number of ether oxygens (including phenoxy) is 1. The van der Waals surface area contributed by atoms with Crippen LogP contribution in [0, 0.1) is 17.8 Å². The molecule has 7 aliphatic carbocycles. The van der Waals surface area contributed by atoms with Gasteiger partial charge in [0.2, 0.25) is 0 Å². The van der Waals surface area contributed by atoms with Gasteiger partial charge in [0.25, 0.3) is 0 Å². The molecule has 4 nitrogen and oxygen atoms in total. The first kappa shape index (κ1) is 44.6. The number of anilines is 1. The molecule has 3 heterocycles. The zero-order valence-electron chi connectivity index (χ0n) is 41.9. The van der Waals surface area contributed by atoms with E-state index in [-0.39, 0.29) is 23.5 Å². The Morgan fingerprint density at radius 2 is 1.59 bits per heavy atom. The normalized spacial score (nSPS) is 31.9. The predicted molar refractivity (Wildman–Crippen MR) is 296 cm³/mol. The number of benzene rings is 3. The highest BCUT2D eigenvalue weighted by molar-refractivity contribution is 5.87. The van der Waals surface area contributed by atoms with E-state index in [0.29, 0.717) is 35.6 Å². The first-order chi connectivity index (χ1) is 34.9. The summed E-state index contributed by atoms with van der Waals surface area (Å²) in [5.74, 6) is 4.35. The number of fused-ring (bicyclic) bond motifs is 6. The summed E-state index contributed by atoms with van der Waals surface area (Å²) in [4.78, 5) is 2.66. The molecule has 0 saturated heterocycles. The zero-order chi connectivity index (χ0) is 47.6. The molecule has 3 aliphatic heterocycles. The number of allylic oxidation sites excluding steroid dienone is 20. The number of hydrogen-bond donors (Lipinski definition) is 2. The van der Waals surface area contributed by atoms with Crippen molar-refractivity contribution >= 4 is 17.0 Å². The lowest BCUT2D eigenvalue weighted by atomic mass is 9.72. The Balaban J connectivity index is 0.942. The van der Waals surface area contributed by atoms with Crippen molar-refractivity contribution in [2.24, 2.45) is 17.8 Å². The molecule has 10 atom stereocenters. The summed E-state index contributed by atoms with van der Waals surface area (Å²) in [5, 5.41) is 8.31. The summed E-state index contributed by atoms with van der Waals surface area (Å²) < 4.78 is 6.96. The first-order valence-electron chi connectivity index (χ1n) is 27.2. The van der Waals surface area contributed by atoms with E-state index in [1.165, 1.54) is 92.0 Å². The summed E-state index contributed by atoms with van der Waals surface area (Å²) in [5.41, 5.74) is 17.6. The molecule has 9 unspecified atom stereocenters. The van der Waals surface area contributed by atoms with Crippen molar-refractivity contribution in [1.29, 1.82) is 0 Å². The molecule has 4 heteroatoms. The van der Waals surface area contributed by atoms with Crippen LogP contribution in [-0.4, -0.2) is 18.2 Å². The lowest BCUT2D eigenvalue weighted by Gasteiger charge is -2.38. The molecule has 0 radical (unpaired) electrons. The molecule has 0 spiro atoms. The van der Waals surface area contributed by atoms with Crippen molar-refractivity contribution in [2.45, 2.75) is 126 Å². The van der Waals surface area contributed by atoms with Gasteiger partial charge in [-0.05, 0) is 164 Å². The second-order valence-electron chi connectivity index (χ2n) is 22.4. The molecule has 71 heavy (non-hydrogen) atoms. The maximum absolute atomic E-state index is 6.96. The van der Waals surface area contributed by atoms with Crippen LogP contribution in [0.5, 0.6) is 5.75 Å². The topological polar surface area (TPSA) is 36.5 Å². The van der Waals surface area contributed by atoms with Gasteiger partial charge in [0.15, 0.2) is 0 Å². The van der Waals surface area contributed by atoms with Crippen molar-refractivity contribution in [1.82, 2.24) is 10.6 Å². The van der Waals surface area contributed by atoms with Gasteiger partial charge in [-0.25, -0.2) is 0 Å². The van der Waals surface area contributed by atoms with Gasteiger partial charge >= 0.3 is 0 Å². The molecular weight excluding hydrogens is 863 g/mol. The molecule has 2 N–H and O–H groups in total. The Bertz CT molecular complexity index is 3060. The fourth-order valence-corrected chi connectivity index (χ4v) is 13.9. The summed E-state index contributed by atoms with van der Waals surface area (Å²) in [6.07, 6.45) is 60.6. The predicted octanol–water partition coefficient (Wildman–Crippen LogP) is 15.8. The van der Waals surface area contributed by atoms with Crippen molar-refractivity contribution < 1.29 is 4.74 Å². The van der Waals surface area contributed by atoms with E-state index in [4.69, 9.17) is 4.74 Å². The standard InChI is InChI=1S/C67H69N3O/c1-43-18-15-26-50(36-43)66-68-59(47-24-11-6-12-25-47)41-60(69-66)55-39-49(65-53(45-20-7-4-8-21-45)28-17-29-54(65)46-22-9-5-10-23-46)31-33-52(55)48-32-34-62-56(38-48)57-40-58-61(42-63(57)71-62)70(51-27-16-19-44(2)37-51)64-30-13-14-35-67(58,64)3/h4,6-9,11-12,14-18,20,22,24,26-29,31-35,37,39-47,56,59,64,66,68-69H,5,10,13,19,21,23,25,30,36,38H2,1-3H3/t43?,44?,45?,46?,47-,56?,59?,64?,66?,67?/m0/s1. The second-order valence-corrected chi connectivity index (χ2v) is 22.4. The van der Waals surface area contributed by atoms with Gasteiger partial charge in [0, 0.05) is 69.5 Å². The number of nitrogens with one attached hydrogen (secondary N) is 2. The molecule has 0 fully saturated rings. The van der Waals surface area contributed by atoms with Crippen LogP contribution in [0.3, 0.4) is 0 Å². The van der Waals surface area contributed by atoms with Crippen molar-refractivity contribution in [2.75, 3.05) is 4.90 Å². The van der Waals surface area contributed by atoms with Gasteiger partial charge < -0.3 is 15.0 Å². The van der Waals surface area contributed by atoms with Gasteiger partial charge in [-0.1, -0.05) is 154 Å². The van der Waals surface area contributed by atoms with E-state index in [0.717, 1.165) is 56.5 Å². The zero-order valence-corrected chi connectivity index (χ0v) is 41.9. The number of rotatable bonds is 8. The largest absolute Gasteiger partial charge is 0.461 e. The Morgan fingerprint density at radius 1 is 0.704 bits per heavy atom. The SMILES string of the molecule is CC1C=C(N2c3cc4c(cc3C3(C)C=CCCC23)C2CC(c3ccc(-c5c(C6C=CC=CC6)cccc5C5C=CCCC5)cc3C3=CC([C@H]5C=CC=CC5)NC(C5=CC=CC(C)C5)N3)=CC=C2O4)C=CC1. The monoisotopic (exact) mass is 932 g/mol. The Hall–Kier alpha value is -6.36. The Kier molecular flexibility index (Phi) is 11.5. The van der Waals surface area contributed by atoms with Crippen LogP contribution in [0.15, 0.2) is 193 Å². The lowest BCUT2D eigenvalue weighted by Crippen LogP contribution is -2.53. The maximum atomic E-state index is 6.96. The van der Waals surface area contributed by atoms with Crippen LogP contribution in [0.4, 0.5) is 5.69 Å². The summed E-state index contributed by atoms with van der Waals surface area (Å²) >= 11 is 0. The van der Waals surface area contributed by atoms with Gasteiger partial charge in [0.1, 0.15) is 11.5 Å². The van der Waals surface area contributed by atoms with Crippen LogP contribution in [0.2, 0.25) is 0 Å². The maximum Gasteiger partial charge on any atom is 0.133 e. The fraction of sp³-hybridized carbons (Fsp3) is 0.343. The van der Waals surface area contributed by atoms with Crippen molar-refractivity contribution in [3.05, 3.63) is 227 Å². The molecule has 13 rings (SSSR count). The van der Waals surface area contributed by atoms with E-state index in [2.05, 4.69) is 212 Å². The molecular formula is C67H69N3O. The second kappa shape index (κ2) is 18.4. The van der Waals surface area contributed by atoms with E-state index < -0.39 is 0 Å². The van der Waals surface area contributed by atoms with Gasteiger partial charge in [-0.3, -0.25) is 5.32 Å². The minimum atomic E-state index is -0.0715. The molecule has 358 valence electrons. The summed E-state index contributed by atoms with van der Waals surface area (Å²) in [7, 11) is 0. The van der Waals surface area contributed by atoms with Gasteiger partial charge in [-0.2, -0.15) is 0 Å². The van der Waals surface area contributed by atoms with Gasteiger partial charge in [-0.15, -0.1) is 0 Å². The summed E-state index contributed by atoms with van der Waals surface area (Å²) in [6.45, 7) is 7.17. The van der Waals surface area contributed by atoms with Crippen LogP contribution >= 0.6 is 0 Å². The van der Waals surface area contributed by atoms with E-state index in [1.807, 2.05) is 0 Å². The van der Waals surface area contributed by atoms with Crippen molar-refractivity contribution in [3.8, 4) is 16.9 Å². The number of nitrogens with zero attached hydrogens (tertiary/aromatic N) is 1. The third-order valence-electron chi connectivity index (χ3n) is 17.7. The Morgan fingerprint density at radius 3 is 2.41 bits per heavy atom. The average molecular weight is 932 g/mol. The number of hydrogen-bond acceptors (Lipinski definition) is 4.